The number of benzene rings is 2. The molecule has 0 bridgehead atoms. The van der Waals surface area contributed by atoms with Crippen molar-refractivity contribution < 1.29 is 4.74 Å². The van der Waals surface area contributed by atoms with E-state index in [1.165, 1.54) is 0 Å². The number of nitrogens with one attached hydrogen (secondary N) is 1. The van der Waals surface area contributed by atoms with E-state index in [1.807, 2.05) is 42.5 Å². The number of hydrogen-bond acceptors (Lipinski definition) is 3. The SMILES string of the molecule is CC(C)(CN)CN(C(=N)N1CCCC1)c1cccc(OCc2ccccc2)c1. The predicted molar refractivity (Wildman–Crippen MR) is 116 cm³/mol. The van der Waals surface area contributed by atoms with Crippen molar-refractivity contribution in [2.24, 2.45) is 11.1 Å². The highest BCUT2D eigenvalue weighted by atomic mass is 16.5. The number of rotatable bonds is 7. The molecule has 0 radical (unpaired) electrons. The van der Waals surface area contributed by atoms with Gasteiger partial charge in [-0.25, -0.2) is 0 Å². The van der Waals surface area contributed by atoms with Crippen LogP contribution in [-0.2, 0) is 6.61 Å². The average molecular weight is 381 g/mol. The van der Waals surface area contributed by atoms with Gasteiger partial charge < -0.3 is 20.3 Å². The Bertz CT molecular complexity index is 769. The van der Waals surface area contributed by atoms with Crippen LogP contribution in [0.4, 0.5) is 5.69 Å². The van der Waals surface area contributed by atoms with E-state index < -0.39 is 0 Å². The van der Waals surface area contributed by atoms with Gasteiger partial charge >= 0.3 is 0 Å². The fourth-order valence-electron chi connectivity index (χ4n) is 3.36. The molecule has 150 valence electrons. The van der Waals surface area contributed by atoms with E-state index >= 15 is 0 Å². The summed E-state index contributed by atoms with van der Waals surface area (Å²) < 4.78 is 6.01. The van der Waals surface area contributed by atoms with Gasteiger partial charge in [0.25, 0.3) is 0 Å². The zero-order valence-corrected chi connectivity index (χ0v) is 17.0. The van der Waals surface area contributed by atoms with Crippen LogP contribution in [0.3, 0.4) is 0 Å². The summed E-state index contributed by atoms with van der Waals surface area (Å²) in [6.45, 7) is 7.98. The highest BCUT2D eigenvalue weighted by molar-refractivity contribution is 5.94. The number of nitrogens with two attached hydrogens (primary N) is 1. The van der Waals surface area contributed by atoms with Crippen molar-refractivity contribution in [2.75, 3.05) is 31.1 Å². The van der Waals surface area contributed by atoms with E-state index in [9.17, 15) is 0 Å². The van der Waals surface area contributed by atoms with Gasteiger partial charge in [-0.05, 0) is 42.5 Å². The lowest BCUT2D eigenvalue weighted by Crippen LogP contribution is -2.48. The maximum absolute atomic E-state index is 8.81. The van der Waals surface area contributed by atoms with Crippen LogP contribution in [0.2, 0.25) is 0 Å². The van der Waals surface area contributed by atoms with Gasteiger partial charge in [-0.1, -0.05) is 50.2 Å². The normalized spacial score (nSPS) is 14.2. The molecule has 3 N–H and O–H groups in total. The molecule has 0 saturated carbocycles. The maximum atomic E-state index is 8.81. The summed E-state index contributed by atoms with van der Waals surface area (Å²) in [5, 5.41) is 8.81. The van der Waals surface area contributed by atoms with Gasteiger partial charge in [0.05, 0.1) is 0 Å². The number of hydrogen-bond donors (Lipinski definition) is 2. The van der Waals surface area contributed by atoms with Crippen molar-refractivity contribution in [1.82, 2.24) is 4.90 Å². The van der Waals surface area contributed by atoms with Gasteiger partial charge in [0, 0.05) is 31.4 Å². The van der Waals surface area contributed by atoms with E-state index in [4.69, 9.17) is 15.9 Å². The number of anilines is 1. The zero-order chi connectivity index (χ0) is 20.0. The van der Waals surface area contributed by atoms with Crippen LogP contribution in [0.1, 0.15) is 32.3 Å². The number of ether oxygens (including phenoxy) is 1. The van der Waals surface area contributed by atoms with Crippen LogP contribution in [0.25, 0.3) is 0 Å². The molecule has 1 saturated heterocycles. The number of guanidine groups is 1. The summed E-state index contributed by atoms with van der Waals surface area (Å²) in [7, 11) is 0. The minimum atomic E-state index is -0.0904. The first-order valence-corrected chi connectivity index (χ1v) is 10.1. The van der Waals surface area contributed by atoms with E-state index in [0.29, 0.717) is 25.7 Å². The summed E-state index contributed by atoms with van der Waals surface area (Å²) in [5.41, 5.74) is 8.02. The van der Waals surface area contributed by atoms with Crippen LogP contribution in [0, 0.1) is 10.8 Å². The summed E-state index contributed by atoms with van der Waals surface area (Å²) in [5.74, 6) is 1.37. The third-order valence-corrected chi connectivity index (χ3v) is 5.18. The Morgan fingerprint density at radius 3 is 2.50 bits per heavy atom. The molecule has 28 heavy (non-hydrogen) atoms. The van der Waals surface area contributed by atoms with Gasteiger partial charge in [0.15, 0.2) is 5.96 Å². The molecule has 1 heterocycles. The summed E-state index contributed by atoms with van der Waals surface area (Å²) in [6.07, 6.45) is 2.30. The van der Waals surface area contributed by atoms with Crippen molar-refractivity contribution >= 4 is 11.6 Å². The lowest BCUT2D eigenvalue weighted by Gasteiger charge is -2.36. The predicted octanol–water partition coefficient (Wildman–Crippen LogP) is 4.09. The van der Waals surface area contributed by atoms with E-state index in [2.05, 4.69) is 35.8 Å². The molecule has 3 rings (SSSR count). The fraction of sp³-hybridized carbons (Fsp3) is 0.435. The van der Waals surface area contributed by atoms with Crippen LogP contribution in [-0.4, -0.2) is 37.0 Å². The highest BCUT2D eigenvalue weighted by Crippen LogP contribution is 2.27. The van der Waals surface area contributed by atoms with Gasteiger partial charge in [-0.3, -0.25) is 5.41 Å². The molecule has 1 aliphatic heterocycles. The Balaban J connectivity index is 1.79. The quantitative estimate of drug-likeness (QED) is 0.561. The standard InChI is InChI=1S/C23H32N4O/c1-23(2,17-24)18-27(22(25)26-13-6-7-14-26)20-11-8-12-21(15-20)28-16-19-9-4-3-5-10-19/h3-5,8-12,15,25H,6-7,13-14,16-18,24H2,1-2H3. The molecule has 0 amide bonds. The second kappa shape index (κ2) is 9.11. The summed E-state index contributed by atoms with van der Waals surface area (Å²) in [6, 6.07) is 18.2. The van der Waals surface area contributed by atoms with Gasteiger partial charge in [0.1, 0.15) is 12.4 Å². The fourth-order valence-corrected chi connectivity index (χ4v) is 3.36. The molecular weight excluding hydrogens is 348 g/mol. The minimum absolute atomic E-state index is 0.0904. The lowest BCUT2D eigenvalue weighted by molar-refractivity contribution is 0.306. The lowest BCUT2D eigenvalue weighted by atomic mass is 9.93. The van der Waals surface area contributed by atoms with Crippen molar-refractivity contribution in [3.8, 4) is 5.75 Å². The molecule has 5 heteroatoms. The largest absolute Gasteiger partial charge is 0.489 e. The molecule has 1 fully saturated rings. The zero-order valence-electron chi connectivity index (χ0n) is 17.0. The molecule has 0 atom stereocenters. The first kappa shape index (κ1) is 20.2. The Morgan fingerprint density at radius 1 is 1.11 bits per heavy atom. The Labute approximate surface area is 168 Å². The molecule has 0 unspecified atom stereocenters. The molecule has 1 aliphatic rings. The molecule has 0 spiro atoms. The van der Waals surface area contributed by atoms with E-state index in [0.717, 1.165) is 42.9 Å². The Morgan fingerprint density at radius 2 is 1.82 bits per heavy atom. The van der Waals surface area contributed by atoms with Crippen LogP contribution < -0.4 is 15.4 Å². The van der Waals surface area contributed by atoms with Crippen LogP contribution in [0.15, 0.2) is 54.6 Å². The summed E-state index contributed by atoms with van der Waals surface area (Å²) >= 11 is 0. The summed E-state index contributed by atoms with van der Waals surface area (Å²) in [4.78, 5) is 4.23. The Hall–Kier alpha value is -2.53. The van der Waals surface area contributed by atoms with Gasteiger partial charge in [-0.15, -0.1) is 0 Å². The molecule has 5 nitrogen and oxygen atoms in total. The first-order valence-electron chi connectivity index (χ1n) is 10.1. The van der Waals surface area contributed by atoms with Crippen molar-refractivity contribution in [2.45, 2.75) is 33.3 Å². The molecule has 2 aromatic rings. The Kier molecular flexibility index (Phi) is 6.57. The monoisotopic (exact) mass is 380 g/mol. The van der Waals surface area contributed by atoms with Crippen LogP contribution >= 0.6 is 0 Å². The average Bonchev–Trinajstić information content (AvgIpc) is 3.26. The third kappa shape index (κ3) is 5.26. The van der Waals surface area contributed by atoms with Crippen LogP contribution in [0.5, 0.6) is 5.75 Å². The number of nitrogens with zero attached hydrogens (tertiary/aromatic N) is 2. The van der Waals surface area contributed by atoms with Crippen molar-refractivity contribution in [1.29, 1.82) is 5.41 Å². The van der Waals surface area contributed by atoms with Crippen molar-refractivity contribution in [3.63, 3.8) is 0 Å². The maximum Gasteiger partial charge on any atom is 0.198 e. The highest BCUT2D eigenvalue weighted by Gasteiger charge is 2.27. The van der Waals surface area contributed by atoms with Gasteiger partial charge in [-0.2, -0.15) is 0 Å². The smallest absolute Gasteiger partial charge is 0.198 e. The molecular formula is C23H32N4O. The second-order valence-electron chi connectivity index (χ2n) is 8.24. The first-order chi connectivity index (χ1) is 13.5. The minimum Gasteiger partial charge on any atom is -0.489 e. The van der Waals surface area contributed by atoms with E-state index in [1.54, 1.807) is 0 Å². The molecule has 0 aromatic heterocycles. The topological polar surface area (TPSA) is 65.6 Å². The molecule has 0 aliphatic carbocycles. The molecule has 2 aromatic carbocycles. The van der Waals surface area contributed by atoms with Gasteiger partial charge in [0.2, 0.25) is 0 Å². The van der Waals surface area contributed by atoms with E-state index in [-0.39, 0.29) is 5.41 Å². The third-order valence-electron chi connectivity index (χ3n) is 5.18. The van der Waals surface area contributed by atoms with Crippen molar-refractivity contribution in [3.05, 3.63) is 60.2 Å². The second-order valence-corrected chi connectivity index (χ2v) is 8.24. The number of likely N-dealkylation sites (tertiary alicyclic amines) is 1.